The van der Waals surface area contributed by atoms with Crippen LogP contribution in [0, 0.1) is 0 Å². The molecular formula is C11H21NO3. The molecule has 1 fully saturated rings. The van der Waals surface area contributed by atoms with Crippen molar-refractivity contribution in [2.24, 2.45) is 0 Å². The lowest BCUT2D eigenvalue weighted by Gasteiger charge is -2.36. The van der Waals surface area contributed by atoms with Crippen LogP contribution >= 0.6 is 0 Å². The third kappa shape index (κ3) is 4.08. The molecule has 0 aromatic rings. The topological polar surface area (TPSA) is 38.8 Å². The predicted octanol–water partition coefficient (Wildman–Crippen LogP) is 2.03. The molecule has 1 amide bonds. The number of morpholine rings is 1. The summed E-state index contributed by atoms with van der Waals surface area (Å²) >= 11 is 0. The largest absolute Gasteiger partial charge is 0.444 e. The average molecular weight is 215 g/mol. The second-order valence-electron chi connectivity index (χ2n) is 5.14. The van der Waals surface area contributed by atoms with Crippen molar-refractivity contribution in [3.05, 3.63) is 0 Å². The fraction of sp³-hybridized carbons (Fsp3) is 0.909. The highest BCUT2D eigenvalue weighted by molar-refractivity contribution is 5.68. The van der Waals surface area contributed by atoms with Gasteiger partial charge < -0.3 is 14.4 Å². The second kappa shape index (κ2) is 4.39. The van der Waals surface area contributed by atoms with Gasteiger partial charge >= 0.3 is 6.09 Å². The van der Waals surface area contributed by atoms with Gasteiger partial charge in [-0.05, 0) is 34.6 Å². The van der Waals surface area contributed by atoms with Crippen LogP contribution in [-0.2, 0) is 9.47 Å². The lowest BCUT2D eigenvalue weighted by atomic mass is 10.2. The maximum absolute atomic E-state index is 11.8. The molecule has 1 aliphatic heterocycles. The molecule has 0 aliphatic carbocycles. The number of hydrogen-bond donors (Lipinski definition) is 0. The van der Waals surface area contributed by atoms with Crippen molar-refractivity contribution in [1.29, 1.82) is 0 Å². The van der Waals surface area contributed by atoms with Crippen molar-refractivity contribution in [2.75, 3.05) is 13.1 Å². The van der Waals surface area contributed by atoms with Gasteiger partial charge in [-0.2, -0.15) is 0 Å². The van der Waals surface area contributed by atoms with Crippen LogP contribution in [0.2, 0.25) is 0 Å². The van der Waals surface area contributed by atoms with Gasteiger partial charge in [-0.3, -0.25) is 0 Å². The summed E-state index contributed by atoms with van der Waals surface area (Å²) in [5.74, 6) is 0. The standard InChI is InChI=1S/C11H21NO3/c1-8-6-12(7-9(2)14-8)10(13)15-11(3,4)5/h8-9H,6-7H2,1-5H3. The van der Waals surface area contributed by atoms with E-state index in [0.717, 1.165) is 0 Å². The number of carbonyl (C=O) groups is 1. The zero-order valence-corrected chi connectivity index (χ0v) is 10.2. The van der Waals surface area contributed by atoms with Crippen LogP contribution in [0.4, 0.5) is 4.79 Å². The van der Waals surface area contributed by atoms with Gasteiger partial charge in [0.05, 0.1) is 25.3 Å². The van der Waals surface area contributed by atoms with Gasteiger partial charge in [-0.15, -0.1) is 0 Å². The minimum Gasteiger partial charge on any atom is -0.444 e. The summed E-state index contributed by atoms with van der Waals surface area (Å²) in [5, 5.41) is 0. The molecule has 0 bridgehead atoms. The molecule has 88 valence electrons. The fourth-order valence-corrected chi connectivity index (χ4v) is 1.65. The maximum atomic E-state index is 11.8. The van der Waals surface area contributed by atoms with Crippen molar-refractivity contribution in [2.45, 2.75) is 52.4 Å². The first-order valence-corrected chi connectivity index (χ1v) is 5.41. The highest BCUT2D eigenvalue weighted by Crippen LogP contribution is 2.15. The lowest BCUT2D eigenvalue weighted by molar-refractivity contribution is -0.0724. The Labute approximate surface area is 91.5 Å². The summed E-state index contributed by atoms with van der Waals surface area (Å²) in [4.78, 5) is 13.5. The highest BCUT2D eigenvalue weighted by Gasteiger charge is 2.29. The number of carbonyl (C=O) groups excluding carboxylic acids is 1. The van der Waals surface area contributed by atoms with Gasteiger partial charge in [0, 0.05) is 0 Å². The van der Waals surface area contributed by atoms with Crippen molar-refractivity contribution in [1.82, 2.24) is 4.90 Å². The van der Waals surface area contributed by atoms with Crippen LogP contribution in [0.3, 0.4) is 0 Å². The molecule has 4 heteroatoms. The molecule has 4 nitrogen and oxygen atoms in total. The smallest absolute Gasteiger partial charge is 0.410 e. The molecule has 15 heavy (non-hydrogen) atoms. The van der Waals surface area contributed by atoms with Crippen LogP contribution in [0.25, 0.3) is 0 Å². The molecule has 0 N–H and O–H groups in total. The Morgan fingerprint density at radius 2 is 1.73 bits per heavy atom. The van der Waals surface area contributed by atoms with Gasteiger partial charge in [-0.25, -0.2) is 4.79 Å². The average Bonchev–Trinajstić information content (AvgIpc) is 1.98. The zero-order chi connectivity index (χ0) is 11.6. The molecule has 2 unspecified atom stereocenters. The molecule has 1 rings (SSSR count). The third-order valence-electron chi connectivity index (χ3n) is 2.07. The molecule has 2 atom stereocenters. The van der Waals surface area contributed by atoms with Gasteiger partial charge in [-0.1, -0.05) is 0 Å². The summed E-state index contributed by atoms with van der Waals surface area (Å²) in [7, 11) is 0. The number of hydrogen-bond acceptors (Lipinski definition) is 3. The molecule has 0 aromatic carbocycles. The van der Waals surface area contributed by atoms with Gasteiger partial charge in [0.2, 0.25) is 0 Å². The van der Waals surface area contributed by atoms with Crippen molar-refractivity contribution in [3.63, 3.8) is 0 Å². The van der Waals surface area contributed by atoms with E-state index >= 15 is 0 Å². The molecule has 1 saturated heterocycles. The molecular weight excluding hydrogens is 194 g/mol. The van der Waals surface area contributed by atoms with E-state index in [0.29, 0.717) is 13.1 Å². The van der Waals surface area contributed by atoms with E-state index in [1.807, 2.05) is 34.6 Å². The second-order valence-corrected chi connectivity index (χ2v) is 5.14. The van der Waals surface area contributed by atoms with Crippen LogP contribution < -0.4 is 0 Å². The van der Waals surface area contributed by atoms with Crippen molar-refractivity contribution < 1.29 is 14.3 Å². The molecule has 0 aromatic heterocycles. The van der Waals surface area contributed by atoms with Crippen LogP contribution in [-0.4, -0.2) is 41.9 Å². The first-order valence-electron chi connectivity index (χ1n) is 5.41. The van der Waals surface area contributed by atoms with Gasteiger partial charge in [0.15, 0.2) is 0 Å². The molecule has 0 saturated carbocycles. The number of ether oxygens (including phenoxy) is 2. The normalized spacial score (nSPS) is 27.7. The maximum Gasteiger partial charge on any atom is 0.410 e. The van der Waals surface area contributed by atoms with Crippen LogP contribution in [0.1, 0.15) is 34.6 Å². The Hall–Kier alpha value is -0.770. The van der Waals surface area contributed by atoms with Gasteiger partial charge in [0.25, 0.3) is 0 Å². The molecule has 1 aliphatic rings. The van der Waals surface area contributed by atoms with Crippen LogP contribution in [0.15, 0.2) is 0 Å². The molecule has 0 spiro atoms. The summed E-state index contributed by atoms with van der Waals surface area (Å²) in [5.41, 5.74) is -0.429. The minimum atomic E-state index is -0.429. The molecule has 0 radical (unpaired) electrons. The Balaban J connectivity index is 2.52. The van der Waals surface area contributed by atoms with E-state index in [4.69, 9.17) is 9.47 Å². The first-order chi connectivity index (χ1) is 6.78. The number of nitrogens with zero attached hydrogens (tertiary/aromatic N) is 1. The van der Waals surface area contributed by atoms with E-state index in [1.54, 1.807) is 4.90 Å². The van der Waals surface area contributed by atoms with E-state index in [-0.39, 0.29) is 18.3 Å². The van der Waals surface area contributed by atoms with E-state index < -0.39 is 5.60 Å². The lowest BCUT2D eigenvalue weighted by Crippen LogP contribution is -2.49. The van der Waals surface area contributed by atoms with Crippen molar-refractivity contribution in [3.8, 4) is 0 Å². The Morgan fingerprint density at radius 3 is 2.13 bits per heavy atom. The monoisotopic (exact) mass is 215 g/mol. The summed E-state index contributed by atoms with van der Waals surface area (Å²) in [6.45, 7) is 10.8. The minimum absolute atomic E-state index is 0.0845. The third-order valence-corrected chi connectivity index (χ3v) is 2.07. The fourth-order valence-electron chi connectivity index (χ4n) is 1.65. The Kier molecular flexibility index (Phi) is 3.60. The van der Waals surface area contributed by atoms with Gasteiger partial charge in [0.1, 0.15) is 5.60 Å². The van der Waals surface area contributed by atoms with E-state index in [1.165, 1.54) is 0 Å². The van der Waals surface area contributed by atoms with Crippen molar-refractivity contribution >= 4 is 6.09 Å². The van der Waals surface area contributed by atoms with E-state index in [9.17, 15) is 4.79 Å². The number of amides is 1. The Morgan fingerprint density at radius 1 is 1.27 bits per heavy atom. The first kappa shape index (κ1) is 12.3. The zero-order valence-electron chi connectivity index (χ0n) is 10.2. The Bertz CT molecular complexity index is 224. The molecule has 1 heterocycles. The number of rotatable bonds is 0. The summed E-state index contributed by atoms with van der Waals surface area (Å²) < 4.78 is 10.9. The highest BCUT2D eigenvalue weighted by atomic mass is 16.6. The van der Waals surface area contributed by atoms with Crippen LogP contribution in [0.5, 0.6) is 0 Å². The quantitative estimate of drug-likeness (QED) is 0.620. The SMILES string of the molecule is CC1CN(C(=O)OC(C)(C)C)CC(C)O1. The van der Waals surface area contributed by atoms with E-state index in [2.05, 4.69) is 0 Å². The summed E-state index contributed by atoms with van der Waals surface area (Å²) in [6, 6.07) is 0. The predicted molar refractivity (Wildman–Crippen MR) is 57.8 cm³/mol. The summed E-state index contributed by atoms with van der Waals surface area (Å²) in [6.07, 6.45) is -0.0768.